The lowest BCUT2D eigenvalue weighted by atomic mass is 9.93. The van der Waals surface area contributed by atoms with E-state index in [0.717, 1.165) is 0 Å². The number of hydrogen-bond donors (Lipinski definition) is 3. The van der Waals surface area contributed by atoms with E-state index in [0.29, 0.717) is 6.42 Å². The molecule has 1 aliphatic heterocycles. The summed E-state index contributed by atoms with van der Waals surface area (Å²) in [6, 6.07) is 0. The zero-order chi connectivity index (χ0) is 11.6. The van der Waals surface area contributed by atoms with Crippen molar-refractivity contribution in [2.45, 2.75) is 43.9 Å². The highest BCUT2D eigenvalue weighted by Crippen LogP contribution is 2.24. The quantitative estimate of drug-likeness (QED) is 0.563. The maximum absolute atomic E-state index is 10.8. The summed E-state index contributed by atoms with van der Waals surface area (Å²) < 4.78 is 9.97. The van der Waals surface area contributed by atoms with E-state index in [1.54, 1.807) is 6.92 Å². The summed E-state index contributed by atoms with van der Waals surface area (Å²) in [6.07, 6.45) is -4.88. The zero-order valence-electron chi connectivity index (χ0n) is 8.66. The Bertz CT molecular complexity index is 231. The molecule has 0 saturated carbocycles. The minimum atomic E-state index is -1.24. The molecule has 0 aromatic rings. The van der Waals surface area contributed by atoms with Crippen LogP contribution in [-0.4, -0.2) is 58.9 Å². The Hall–Kier alpha value is -0.690. The number of aliphatic hydroxyl groups excluding tert-OH is 2. The SMILES string of the molecule is CCC1OC(C(=O)O)C(OC)C(O)C1O. The summed E-state index contributed by atoms with van der Waals surface area (Å²) in [5.41, 5.74) is 0. The first-order valence-corrected chi connectivity index (χ1v) is 4.80. The van der Waals surface area contributed by atoms with E-state index in [1.165, 1.54) is 7.11 Å². The van der Waals surface area contributed by atoms with Gasteiger partial charge in [0.25, 0.3) is 0 Å². The van der Waals surface area contributed by atoms with Gasteiger partial charge in [0.2, 0.25) is 0 Å². The van der Waals surface area contributed by atoms with Crippen LogP contribution in [0.1, 0.15) is 13.3 Å². The molecule has 1 rings (SSSR count). The fourth-order valence-electron chi connectivity index (χ4n) is 1.74. The molecule has 1 heterocycles. The predicted molar refractivity (Wildman–Crippen MR) is 49.4 cm³/mol. The molecule has 0 amide bonds. The number of hydrogen-bond acceptors (Lipinski definition) is 5. The number of aliphatic hydroxyl groups is 2. The normalized spacial score (nSPS) is 41.5. The molecular formula is C9H16O6. The molecule has 0 spiro atoms. The standard InChI is InChI=1S/C9H16O6/c1-3-4-5(10)6(11)7(14-2)8(15-4)9(12)13/h4-8,10-11H,3H2,1-2H3,(H,12,13). The summed E-state index contributed by atoms with van der Waals surface area (Å²) in [7, 11) is 1.27. The Kier molecular flexibility index (Phi) is 4.04. The van der Waals surface area contributed by atoms with E-state index >= 15 is 0 Å². The van der Waals surface area contributed by atoms with Gasteiger partial charge in [0.15, 0.2) is 6.10 Å². The van der Waals surface area contributed by atoms with Crippen LogP contribution in [0.5, 0.6) is 0 Å². The highest BCUT2D eigenvalue weighted by atomic mass is 16.6. The lowest BCUT2D eigenvalue weighted by Crippen LogP contribution is -2.60. The van der Waals surface area contributed by atoms with Crippen molar-refractivity contribution in [2.24, 2.45) is 0 Å². The Morgan fingerprint density at radius 2 is 2.00 bits per heavy atom. The summed E-state index contributed by atoms with van der Waals surface area (Å²) in [5, 5.41) is 28.1. The van der Waals surface area contributed by atoms with Crippen LogP contribution in [0.15, 0.2) is 0 Å². The van der Waals surface area contributed by atoms with Gasteiger partial charge in [-0.25, -0.2) is 4.79 Å². The molecule has 5 atom stereocenters. The van der Waals surface area contributed by atoms with Crippen molar-refractivity contribution in [1.29, 1.82) is 0 Å². The number of aliphatic carboxylic acids is 1. The van der Waals surface area contributed by atoms with Crippen molar-refractivity contribution < 1.29 is 29.6 Å². The molecular weight excluding hydrogens is 204 g/mol. The number of carboxylic acid groups (broad SMARTS) is 1. The Morgan fingerprint density at radius 1 is 1.40 bits per heavy atom. The lowest BCUT2D eigenvalue weighted by molar-refractivity contribution is -0.233. The van der Waals surface area contributed by atoms with E-state index in [9.17, 15) is 15.0 Å². The summed E-state index contributed by atoms with van der Waals surface area (Å²) >= 11 is 0. The maximum atomic E-state index is 10.8. The van der Waals surface area contributed by atoms with Gasteiger partial charge in [-0.1, -0.05) is 6.92 Å². The van der Waals surface area contributed by atoms with Crippen LogP contribution >= 0.6 is 0 Å². The predicted octanol–water partition coefficient (Wildman–Crippen LogP) is -1.01. The van der Waals surface area contributed by atoms with E-state index in [2.05, 4.69) is 0 Å². The molecule has 0 aliphatic carbocycles. The van der Waals surface area contributed by atoms with Crippen LogP contribution in [0, 0.1) is 0 Å². The number of methoxy groups -OCH3 is 1. The monoisotopic (exact) mass is 220 g/mol. The molecule has 1 aliphatic rings. The van der Waals surface area contributed by atoms with Gasteiger partial charge in [-0.2, -0.15) is 0 Å². The van der Waals surface area contributed by atoms with Gasteiger partial charge >= 0.3 is 5.97 Å². The second-order valence-electron chi connectivity index (χ2n) is 3.52. The number of carbonyl (C=O) groups is 1. The Labute approximate surface area is 87.4 Å². The van der Waals surface area contributed by atoms with E-state index in [4.69, 9.17) is 14.6 Å². The van der Waals surface area contributed by atoms with Crippen LogP contribution in [0.3, 0.4) is 0 Å². The summed E-state index contributed by atoms with van der Waals surface area (Å²) in [6.45, 7) is 1.74. The van der Waals surface area contributed by atoms with E-state index < -0.39 is 36.5 Å². The molecule has 0 bridgehead atoms. The second kappa shape index (κ2) is 4.89. The van der Waals surface area contributed by atoms with Crippen LogP contribution in [0.2, 0.25) is 0 Å². The average molecular weight is 220 g/mol. The average Bonchev–Trinajstić information content (AvgIpc) is 2.21. The molecule has 15 heavy (non-hydrogen) atoms. The van der Waals surface area contributed by atoms with Gasteiger partial charge < -0.3 is 24.8 Å². The van der Waals surface area contributed by atoms with Crippen LogP contribution < -0.4 is 0 Å². The second-order valence-corrected chi connectivity index (χ2v) is 3.52. The molecule has 5 unspecified atom stereocenters. The van der Waals surface area contributed by atoms with Crippen LogP contribution in [0.25, 0.3) is 0 Å². The minimum Gasteiger partial charge on any atom is -0.479 e. The first-order chi connectivity index (χ1) is 7.02. The fraction of sp³-hybridized carbons (Fsp3) is 0.889. The van der Waals surface area contributed by atoms with Gasteiger partial charge in [0.1, 0.15) is 18.3 Å². The third-order valence-electron chi connectivity index (χ3n) is 2.61. The molecule has 6 heteroatoms. The van der Waals surface area contributed by atoms with Gasteiger partial charge in [-0.3, -0.25) is 0 Å². The molecule has 88 valence electrons. The van der Waals surface area contributed by atoms with Gasteiger partial charge in [0, 0.05) is 7.11 Å². The molecule has 6 nitrogen and oxygen atoms in total. The third kappa shape index (κ3) is 2.28. The Morgan fingerprint density at radius 3 is 2.40 bits per heavy atom. The molecule has 0 aromatic heterocycles. The Balaban J connectivity index is 2.84. The summed E-state index contributed by atoms with van der Waals surface area (Å²) in [5.74, 6) is -1.20. The maximum Gasteiger partial charge on any atom is 0.335 e. The van der Waals surface area contributed by atoms with E-state index in [-0.39, 0.29) is 0 Å². The smallest absolute Gasteiger partial charge is 0.335 e. The van der Waals surface area contributed by atoms with Crippen molar-refractivity contribution in [2.75, 3.05) is 7.11 Å². The molecule has 1 saturated heterocycles. The minimum absolute atomic E-state index is 0.429. The van der Waals surface area contributed by atoms with Crippen LogP contribution in [0.4, 0.5) is 0 Å². The van der Waals surface area contributed by atoms with Crippen molar-refractivity contribution >= 4 is 5.97 Å². The first-order valence-electron chi connectivity index (χ1n) is 4.80. The molecule has 3 N–H and O–H groups in total. The van der Waals surface area contributed by atoms with Crippen LogP contribution in [-0.2, 0) is 14.3 Å². The van der Waals surface area contributed by atoms with Gasteiger partial charge in [-0.15, -0.1) is 0 Å². The lowest BCUT2D eigenvalue weighted by Gasteiger charge is -2.40. The first kappa shape index (κ1) is 12.4. The highest BCUT2D eigenvalue weighted by molar-refractivity contribution is 5.73. The third-order valence-corrected chi connectivity index (χ3v) is 2.61. The van der Waals surface area contributed by atoms with Crippen molar-refractivity contribution in [3.8, 4) is 0 Å². The summed E-state index contributed by atoms with van der Waals surface area (Å²) in [4.78, 5) is 10.8. The largest absolute Gasteiger partial charge is 0.479 e. The van der Waals surface area contributed by atoms with Crippen molar-refractivity contribution in [3.05, 3.63) is 0 Å². The number of carboxylic acids is 1. The van der Waals surface area contributed by atoms with Crippen molar-refractivity contribution in [3.63, 3.8) is 0 Å². The fourth-order valence-corrected chi connectivity index (χ4v) is 1.74. The number of rotatable bonds is 3. The zero-order valence-corrected chi connectivity index (χ0v) is 8.66. The molecule has 1 fully saturated rings. The topological polar surface area (TPSA) is 96.2 Å². The van der Waals surface area contributed by atoms with Crippen molar-refractivity contribution in [1.82, 2.24) is 0 Å². The number of ether oxygens (including phenoxy) is 2. The molecule has 0 aromatic carbocycles. The van der Waals surface area contributed by atoms with E-state index in [1.807, 2.05) is 0 Å². The molecule has 0 radical (unpaired) electrons. The van der Waals surface area contributed by atoms with Gasteiger partial charge in [-0.05, 0) is 6.42 Å². The van der Waals surface area contributed by atoms with Gasteiger partial charge in [0.05, 0.1) is 6.10 Å². The highest BCUT2D eigenvalue weighted by Gasteiger charge is 2.47.